The molecule has 0 spiro atoms. The summed E-state index contributed by atoms with van der Waals surface area (Å²) in [5.74, 6) is -1.51. The SMILES string of the molecule is CCC1(c2ccc(F)cc2)NC(=O)N(CC(=O)N2CCCc3cc([N+](=O)[O-])ccc32)C1=O. The van der Waals surface area contributed by atoms with E-state index in [9.17, 15) is 28.9 Å². The second-order valence-corrected chi connectivity index (χ2v) is 7.81. The van der Waals surface area contributed by atoms with E-state index in [1.807, 2.05) is 0 Å². The number of urea groups is 1. The van der Waals surface area contributed by atoms with E-state index in [1.165, 1.54) is 47.4 Å². The van der Waals surface area contributed by atoms with Crippen LogP contribution in [-0.2, 0) is 21.5 Å². The summed E-state index contributed by atoms with van der Waals surface area (Å²) in [5.41, 5.74) is 0.222. The van der Waals surface area contributed by atoms with Crippen molar-refractivity contribution in [3.05, 3.63) is 69.5 Å². The molecule has 1 N–H and O–H groups in total. The van der Waals surface area contributed by atoms with Crippen LogP contribution in [0, 0.1) is 15.9 Å². The first kappa shape index (κ1) is 21.4. The number of nitrogens with one attached hydrogen (secondary N) is 1. The minimum absolute atomic E-state index is 0.0563. The summed E-state index contributed by atoms with van der Waals surface area (Å²) < 4.78 is 13.4. The van der Waals surface area contributed by atoms with Gasteiger partial charge in [-0.3, -0.25) is 24.6 Å². The maximum Gasteiger partial charge on any atom is 0.325 e. The Labute approximate surface area is 182 Å². The van der Waals surface area contributed by atoms with Gasteiger partial charge in [0.15, 0.2) is 0 Å². The number of hydrogen-bond donors (Lipinski definition) is 1. The standard InChI is InChI=1S/C22H21FN4O5/c1-2-22(15-5-7-16(23)8-6-15)20(29)26(21(30)24-22)13-19(28)25-11-3-4-14-12-17(27(31)32)9-10-18(14)25/h5-10,12H,2-4,11,13H2,1H3,(H,24,30). The predicted octanol–water partition coefficient (Wildman–Crippen LogP) is 2.87. The van der Waals surface area contributed by atoms with Crippen molar-refractivity contribution >= 4 is 29.2 Å². The number of amides is 4. The number of imide groups is 1. The largest absolute Gasteiger partial charge is 0.325 e. The molecule has 0 bridgehead atoms. The molecule has 10 heteroatoms. The molecule has 1 unspecified atom stereocenters. The van der Waals surface area contributed by atoms with E-state index in [2.05, 4.69) is 5.32 Å². The van der Waals surface area contributed by atoms with Crippen molar-refractivity contribution < 1.29 is 23.7 Å². The Bertz CT molecular complexity index is 1120. The number of nitrogens with zero attached hydrogens (tertiary/aromatic N) is 3. The minimum atomic E-state index is -1.37. The van der Waals surface area contributed by atoms with E-state index in [0.29, 0.717) is 36.2 Å². The van der Waals surface area contributed by atoms with Gasteiger partial charge >= 0.3 is 6.03 Å². The second kappa shape index (κ2) is 8.03. The fourth-order valence-electron chi connectivity index (χ4n) is 4.32. The summed E-state index contributed by atoms with van der Waals surface area (Å²) in [4.78, 5) is 51.8. The van der Waals surface area contributed by atoms with Gasteiger partial charge in [-0.25, -0.2) is 9.18 Å². The molecule has 0 radical (unpaired) electrons. The number of fused-ring (bicyclic) bond motifs is 1. The molecule has 2 aliphatic heterocycles. The predicted molar refractivity (Wildman–Crippen MR) is 112 cm³/mol. The number of aryl methyl sites for hydroxylation is 1. The van der Waals surface area contributed by atoms with E-state index in [-0.39, 0.29) is 12.1 Å². The van der Waals surface area contributed by atoms with Gasteiger partial charge in [-0.05, 0) is 48.6 Å². The van der Waals surface area contributed by atoms with Crippen LogP contribution in [0.4, 0.5) is 20.6 Å². The topological polar surface area (TPSA) is 113 Å². The first-order chi connectivity index (χ1) is 15.3. The average molecular weight is 440 g/mol. The highest BCUT2D eigenvalue weighted by atomic mass is 19.1. The quantitative estimate of drug-likeness (QED) is 0.436. The lowest BCUT2D eigenvalue weighted by atomic mass is 9.87. The van der Waals surface area contributed by atoms with Gasteiger partial charge in [0.2, 0.25) is 5.91 Å². The molecule has 1 atom stereocenters. The first-order valence-corrected chi connectivity index (χ1v) is 10.2. The van der Waals surface area contributed by atoms with Crippen molar-refractivity contribution in [3.8, 4) is 0 Å². The highest BCUT2D eigenvalue weighted by Gasteiger charge is 2.52. The third-order valence-corrected chi connectivity index (χ3v) is 6.03. The maximum atomic E-state index is 13.4. The molecule has 0 aromatic heterocycles. The Balaban J connectivity index is 1.58. The Morgan fingerprint density at radius 2 is 1.94 bits per heavy atom. The molecular formula is C22H21FN4O5. The molecule has 2 aliphatic rings. The normalized spacial score (nSPS) is 20.2. The molecule has 2 heterocycles. The van der Waals surface area contributed by atoms with Crippen molar-refractivity contribution in [1.82, 2.24) is 10.2 Å². The number of benzene rings is 2. The van der Waals surface area contributed by atoms with Gasteiger partial charge in [0, 0.05) is 24.4 Å². The van der Waals surface area contributed by atoms with Crippen LogP contribution in [0.2, 0.25) is 0 Å². The van der Waals surface area contributed by atoms with Crippen LogP contribution in [0.3, 0.4) is 0 Å². The summed E-state index contributed by atoms with van der Waals surface area (Å²) in [6, 6.07) is 8.90. The Kier molecular flexibility index (Phi) is 5.37. The summed E-state index contributed by atoms with van der Waals surface area (Å²) in [6.07, 6.45) is 1.42. The number of non-ortho nitro benzene ring substituents is 1. The number of nitro groups is 1. The molecule has 1 fully saturated rings. The first-order valence-electron chi connectivity index (χ1n) is 10.2. The lowest BCUT2D eigenvalue weighted by Gasteiger charge is -2.30. The fourth-order valence-corrected chi connectivity index (χ4v) is 4.32. The Morgan fingerprint density at radius 3 is 2.59 bits per heavy atom. The molecular weight excluding hydrogens is 419 g/mol. The maximum absolute atomic E-state index is 13.4. The summed E-state index contributed by atoms with van der Waals surface area (Å²) >= 11 is 0. The van der Waals surface area contributed by atoms with Crippen molar-refractivity contribution in [2.75, 3.05) is 18.0 Å². The average Bonchev–Trinajstić information content (AvgIpc) is 3.03. The van der Waals surface area contributed by atoms with Gasteiger partial charge in [0.1, 0.15) is 17.9 Å². The van der Waals surface area contributed by atoms with E-state index < -0.39 is 40.7 Å². The monoisotopic (exact) mass is 440 g/mol. The number of anilines is 1. The second-order valence-electron chi connectivity index (χ2n) is 7.81. The van der Waals surface area contributed by atoms with Gasteiger partial charge in [0.25, 0.3) is 11.6 Å². The lowest BCUT2D eigenvalue weighted by molar-refractivity contribution is -0.384. The number of nitro benzene ring substituents is 1. The van der Waals surface area contributed by atoms with Gasteiger partial charge < -0.3 is 10.2 Å². The molecule has 0 saturated carbocycles. The van der Waals surface area contributed by atoms with E-state index in [4.69, 9.17) is 0 Å². The highest BCUT2D eigenvalue weighted by Crippen LogP contribution is 2.34. The van der Waals surface area contributed by atoms with Crippen molar-refractivity contribution in [2.24, 2.45) is 0 Å². The van der Waals surface area contributed by atoms with E-state index in [1.54, 1.807) is 6.92 Å². The number of carbonyl (C=O) groups excluding carboxylic acids is 3. The molecule has 4 rings (SSSR count). The number of carbonyl (C=O) groups is 3. The number of rotatable bonds is 5. The molecule has 166 valence electrons. The molecule has 1 saturated heterocycles. The smallest absolute Gasteiger partial charge is 0.319 e. The van der Waals surface area contributed by atoms with Crippen LogP contribution in [0.15, 0.2) is 42.5 Å². The zero-order chi connectivity index (χ0) is 23.0. The molecule has 2 aromatic carbocycles. The van der Waals surface area contributed by atoms with Crippen LogP contribution in [-0.4, -0.2) is 40.8 Å². The molecule has 9 nitrogen and oxygen atoms in total. The lowest BCUT2D eigenvalue weighted by Crippen LogP contribution is -2.46. The summed E-state index contributed by atoms with van der Waals surface area (Å²) in [5, 5.41) is 13.7. The van der Waals surface area contributed by atoms with Crippen LogP contribution in [0.25, 0.3) is 0 Å². The zero-order valence-electron chi connectivity index (χ0n) is 17.3. The van der Waals surface area contributed by atoms with Crippen LogP contribution in [0.1, 0.15) is 30.9 Å². The molecule has 0 aliphatic carbocycles. The zero-order valence-corrected chi connectivity index (χ0v) is 17.3. The Hall–Kier alpha value is -3.82. The molecule has 2 aromatic rings. The summed E-state index contributed by atoms with van der Waals surface area (Å²) in [6.45, 7) is 1.63. The third-order valence-electron chi connectivity index (χ3n) is 6.03. The van der Waals surface area contributed by atoms with Crippen LogP contribution >= 0.6 is 0 Å². The van der Waals surface area contributed by atoms with E-state index in [0.717, 1.165) is 4.90 Å². The van der Waals surface area contributed by atoms with Gasteiger partial charge in [0.05, 0.1) is 4.92 Å². The Morgan fingerprint density at radius 1 is 1.22 bits per heavy atom. The van der Waals surface area contributed by atoms with Crippen LogP contribution in [0.5, 0.6) is 0 Å². The number of halogens is 1. The van der Waals surface area contributed by atoms with Gasteiger partial charge in [-0.1, -0.05) is 19.1 Å². The fraction of sp³-hybridized carbons (Fsp3) is 0.318. The van der Waals surface area contributed by atoms with Gasteiger partial charge in [-0.15, -0.1) is 0 Å². The van der Waals surface area contributed by atoms with E-state index >= 15 is 0 Å². The third kappa shape index (κ3) is 3.47. The van der Waals surface area contributed by atoms with Gasteiger partial charge in [-0.2, -0.15) is 0 Å². The van der Waals surface area contributed by atoms with Crippen molar-refractivity contribution in [2.45, 2.75) is 31.7 Å². The van der Waals surface area contributed by atoms with Crippen molar-refractivity contribution in [3.63, 3.8) is 0 Å². The van der Waals surface area contributed by atoms with Crippen molar-refractivity contribution in [1.29, 1.82) is 0 Å². The number of hydrogen-bond acceptors (Lipinski definition) is 5. The highest BCUT2D eigenvalue weighted by molar-refractivity contribution is 6.10. The molecule has 32 heavy (non-hydrogen) atoms. The minimum Gasteiger partial charge on any atom is -0.319 e. The van der Waals surface area contributed by atoms with Crippen LogP contribution < -0.4 is 10.2 Å². The summed E-state index contributed by atoms with van der Waals surface area (Å²) in [7, 11) is 0. The molecule has 4 amide bonds.